The molecular weight excluding hydrogens is 1200 g/mol. The van der Waals surface area contributed by atoms with Crippen LogP contribution in [0.15, 0.2) is 84.0 Å². The van der Waals surface area contributed by atoms with Crippen LogP contribution in [0.3, 0.4) is 0 Å². The fourth-order valence-electron chi connectivity index (χ4n) is 16.2. The summed E-state index contributed by atoms with van der Waals surface area (Å²) in [6.45, 7) is 15.8. The highest BCUT2D eigenvalue weighted by molar-refractivity contribution is 7.90. The van der Waals surface area contributed by atoms with Gasteiger partial charge in [-0.25, -0.2) is 18.1 Å². The second-order valence-electron chi connectivity index (χ2n) is 26.9. The molecule has 24 nitrogen and oxygen atoms in total. The molecule has 15 rings (SSSR count). The van der Waals surface area contributed by atoms with Crippen LogP contribution in [0.25, 0.3) is 11.0 Å². The Morgan fingerprint density at radius 3 is 2.52 bits per heavy atom. The first kappa shape index (κ1) is 60.7. The summed E-state index contributed by atoms with van der Waals surface area (Å²) in [7, 11) is -4.74. The number of carbonyl (C=O) groups excluding carboxylic acids is 1. The molecule has 1 unspecified atom stereocenters. The van der Waals surface area contributed by atoms with Crippen molar-refractivity contribution in [1.29, 1.82) is 0 Å². The number of ether oxygens (including phenoxy) is 7. The number of amides is 1. The molecule has 4 N–H and O–H groups in total. The van der Waals surface area contributed by atoms with Gasteiger partial charge in [0.15, 0.2) is 23.0 Å². The van der Waals surface area contributed by atoms with Gasteiger partial charge in [0, 0.05) is 105 Å². The number of H-pyrrole nitrogens is 1. The number of aliphatic hydroxyl groups is 1. The molecule has 25 heteroatoms. The van der Waals surface area contributed by atoms with Crippen molar-refractivity contribution in [2.75, 3.05) is 106 Å². The number of aromatic nitrogens is 3. The number of aliphatic hydroxyl groups excluding tert-OH is 1. The Balaban J connectivity index is 0.697. The zero-order chi connectivity index (χ0) is 63.2. The van der Waals surface area contributed by atoms with Crippen LogP contribution in [0.4, 0.5) is 34.3 Å². The van der Waals surface area contributed by atoms with Crippen molar-refractivity contribution in [3.05, 3.63) is 111 Å². The van der Waals surface area contributed by atoms with Crippen LogP contribution in [-0.2, 0) is 30.8 Å². The van der Waals surface area contributed by atoms with Gasteiger partial charge in [-0.3, -0.25) is 24.7 Å². The van der Waals surface area contributed by atoms with Crippen LogP contribution >= 0.6 is 0 Å². The number of nitro groups is 1. The number of nitro benzene ring substituents is 1. The number of piperazine rings is 1. The monoisotopic (exact) mass is 1280 g/mol. The van der Waals surface area contributed by atoms with Crippen molar-refractivity contribution < 1.29 is 56.4 Å². The lowest BCUT2D eigenvalue weighted by Crippen LogP contribution is -2.60. The molecule has 5 fully saturated rings. The zero-order valence-corrected chi connectivity index (χ0v) is 53.3. The molecule has 1 aliphatic carbocycles. The van der Waals surface area contributed by atoms with Gasteiger partial charge < -0.3 is 63.3 Å². The number of aromatic amines is 1. The molecule has 3 aromatic heterocycles. The van der Waals surface area contributed by atoms with Crippen molar-refractivity contribution >= 4 is 61.2 Å². The average Bonchev–Trinajstić information content (AvgIpc) is 0.874. The fraction of sp³-hybridized carbons (Fsp3) is 0.537. The molecule has 1 saturated carbocycles. The highest BCUT2D eigenvalue weighted by Crippen LogP contribution is 2.55. The summed E-state index contributed by atoms with van der Waals surface area (Å²) >= 11 is 0. The van der Waals surface area contributed by atoms with Crippen molar-refractivity contribution in [3.8, 4) is 23.1 Å². The van der Waals surface area contributed by atoms with Gasteiger partial charge in [-0.15, -0.1) is 0 Å². The van der Waals surface area contributed by atoms with E-state index in [-0.39, 0.29) is 90.5 Å². The summed E-state index contributed by atoms with van der Waals surface area (Å²) in [5, 5.41) is 27.0. The van der Waals surface area contributed by atoms with Gasteiger partial charge in [0.1, 0.15) is 36.4 Å². The SMILES string of the molecule is CC(C)Oc1ccccc1[C@@H]1CN([C@@H]2COCc3c2cnc2c3OC[C@@H](C)N2C(C)CO)CCN1C1CC2(CCN(c3ccc(C(=O)NS(=O)(=O)c4cc5c(c([N+](=O)[O-])c4)N[C@H](C4CCOCC4)CO5)c(N4c5cc6cc[nH]c6nc5O[C@H]5COCC[C@@H]54)c3)CC2)C1. The van der Waals surface area contributed by atoms with Gasteiger partial charge in [-0.05, 0) is 126 Å². The molecule has 8 aliphatic heterocycles. The minimum Gasteiger partial charge on any atom is -0.491 e. The number of para-hydroxylation sites is 1. The molecular formula is C67H81N11O13S. The third-order valence-corrected chi connectivity index (χ3v) is 22.3. The smallest absolute Gasteiger partial charge is 0.297 e. The van der Waals surface area contributed by atoms with E-state index in [0.717, 1.165) is 117 Å². The Hall–Kier alpha value is -7.52. The van der Waals surface area contributed by atoms with Crippen molar-refractivity contribution in [3.63, 3.8) is 0 Å². The molecule has 11 heterocycles. The van der Waals surface area contributed by atoms with E-state index in [1.54, 1.807) is 12.3 Å². The van der Waals surface area contributed by atoms with Crippen LogP contribution in [0, 0.1) is 21.4 Å². The molecule has 9 aliphatic rings. The van der Waals surface area contributed by atoms with Crippen molar-refractivity contribution in [2.45, 2.75) is 139 Å². The van der Waals surface area contributed by atoms with E-state index in [1.165, 1.54) is 11.6 Å². The number of hydrogen-bond acceptors (Lipinski definition) is 21. The second-order valence-corrected chi connectivity index (χ2v) is 28.6. The molecule has 92 heavy (non-hydrogen) atoms. The topological polar surface area (TPSA) is 261 Å². The molecule has 1 spiro atoms. The maximum Gasteiger partial charge on any atom is 0.297 e. The van der Waals surface area contributed by atoms with E-state index < -0.39 is 37.5 Å². The maximum absolute atomic E-state index is 15.0. The number of nitrogens with one attached hydrogen (secondary N) is 3. The lowest BCUT2D eigenvalue weighted by Gasteiger charge is -2.58. The Morgan fingerprint density at radius 2 is 1.72 bits per heavy atom. The van der Waals surface area contributed by atoms with Crippen molar-refractivity contribution in [1.82, 2.24) is 29.5 Å². The third kappa shape index (κ3) is 11.1. The summed E-state index contributed by atoms with van der Waals surface area (Å²) in [5.41, 5.74) is 5.78. The number of piperidine rings is 1. The highest BCUT2D eigenvalue weighted by atomic mass is 32.2. The van der Waals surface area contributed by atoms with E-state index in [2.05, 4.69) is 84.6 Å². The van der Waals surface area contributed by atoms with Gasteiger partial charge in [-0.1, -0.05) is 18.2 Å². The van der Waals surface area contributed by atoms with Gasteiger partial charge >= 0.3 is 0 Å². The number of hydrogen-bond donors (Lipinski definition) is 4. The minimum atomic E-state index is -4.74. The van der Waals surface area contributed by atoms with E-state index in [4.69, 9.17) is 43.1 Å². The Morgan fingerprint density at radius 1 is 0.902 bits per heavy atom. The lowest BCUT2D eigenvalue weighted by molar-refractivity contribution is -0.384. The number of fused-ring (bicyclic) bond motifs is 7. The predicted octanol–water partition coefficient (Wildman–Crippen LogP) is 8.41. The lowest BCUT2D eigenvalue weighted by atomic mass is 9.59. The molecule has 0 radical (unpaired) electrons. The number of pyridine rings is 2. The number of carbonyl (C=O) groups is 1. The number of nitrogens with zero attached hydrogens (tertiary/aromatic N) is 8. The number of sulfonamides is 1. The minimum absolute atomic E-state index is 0.00616. The first-order valence-corrected chi connectivity index (χ1v) is 34.2. The van der Waals surface area contributed by atoms with E-state index in [9.17, 15) is 23.6 Å². The quantitative estimate of drug-likeness (QED) is 0.0589. The largest absolute Gasteiger partial charge is 0.491 e. The van der Waals surface area contributed by atoms with Crippen molar-refractivity contribution in [2.24, 2.45) is 11.3 Å². The Bertz CT molecular complexity index is 3910. The zero-order valence-electron chi connectivity index (χ0n) is 52.5. The summed E-state index contributed by atoms with van der Waals surface area (Å²) in [5.74, 6) is 2.03. The molecule has 0 bridgehead atoms. The van der Waals surface area contributed by atoms with Crippen LogP contribution in [0.2, 0.25) is 0 Å². The molecule has 6 aromatic rings. The van der Waals surface area contributed by atoms with Crippen LogP contribution in [-0.4, -0.2) is 177 Å². The summed E-state index contributed by atoms with van der Waals surface area (Å²) < 4.78 is 75.1. The molecule has 7 atom stereocenters. The average molecular weight is 1280 g/mol. The number of rotatable bonds is 14. The normalized spacial score (nSPS) is 25.4. The van der Waals surface area contributed by atoms with Gasteiger partial charge in [0.2, 0.25) is 5.88 Å². The molecule has 1 amide bonds. The number of benzene rings is 3. The first-order chi connectivity index (χ1) is 44.6. The predicted molar refractivity (Wildman–Crippen MR) is 343 cm³/mol. The van der Waals surface area contributed by atoms with E-state index >= 15 is 4.79 Å². The van der Waals surface area contributed by atoms with Crippen LogP contribution in [0.5, 0.6) is 23.1 Å². The molecule has 3 aromatic carbocycles. The van der Waals surface area contributed by atoms with Gasteiger partial charge in [0.25, 0.3) is 21.6 Å². The molecule has 4 saturated heterocycles. The van der Waals surface area contributed by atoms with Crippen LogP contribution in [0.1, 0.15) is 112 Å². The summed E-state index contributed by atoms with van der Waals surface area (Å²) in [6, 6.07) is 20.0. The highest BCUT2D eigenvalue weighted by Gasteiger charge is 2.52. The standard InChI is InChI=1S/C67H81N11O13S/c1-39(2)90-58-8-6-5-7-47(58)56-32-74(57-37-87-35-50-49(57)31-69-64-62(50)89-34-41(4)76(64)40(3)33-79)20-21-75(56)45-29-67(30-45)15-18-73(19-16-67)44-9-10-48(53(26-44)77-52-14-24-86-38-60(52)91-66-55(77)25-43-11-17-68-63(43)71-66)65(80)72-92(83,84)46-27-54(78(81)82)61-59(28-46)88-36-51(70-61)42-12-22-85-23-13-42/h5-11,17,25-28,31,39-42,45,51-52,56-57,60,70,79H,12-16,18-24,29-30,32-38H2,1-4H3,(H,68,71)(H,72,80)/t40?,41-,51+,52+,56+,57-,60+/m1/s1. The fourth-order valence-corrected chi connectivity index (χ4v) is 17.2. The first-order valence-electron chi connectivity index (χ1n) is 32.7. The Labute approximate surface area is 535 Å². The van der Waals surface area contributed by atoms with E-state index in [1.807, 2.05) is 37.4 Å². The van der Waals surface area contributed by atoms with Crippen LogP contribution < -0.4 is 43.7 Å². The molecule has 488 valence electrons. The van der Waals surface area contributed by atoms with Gasteiger partial charge in [0.05, 0.1) is 89.9 Å². The second kappa shape index (κ2) is 24.4. The third-order valence-electron chi connectivity index (χ3n) is 21.0. The van der Waals surface area contributed by atoms with E-state index in [0.29, 0.717) is 75.0 Å². The Kier molecular flexibility index (Phi) is 16.1. The van der Waals surface area contributed by atoms with Gasteiger partial charge in [-0.2, -0.15) is 4.98 Å². The number of anilines is 5. The summed E-state index contributed by atoms with van der Waals surface area (Å²) in [4.78, 5) is 51.7. The summed E-state index contributed by atoms with van der Waals surface area (Å²) in [6.07, 6.45) is 9.43. The maximum atomic E-state index is 15.0.